The Morgan fingerprint density at radius 2 is 1.00 bits per heavy atom. The van der Waals surface area contributed by atoms with E-state index in [0.29, 0.717) is 0 Å². The average molecular weight is 481 g/mol. The van der Waals surface area contributed by atoms with Gasteiger partial charge in [0.1, 0.15) is 0 Å². The van der Waals surface area contributed by atoms with Gasteiger partial charge < -0.3 is 5.48 Å². The summed E-state index contributed by atoms with van der Waals surface area (Å²) >= 11 is 3.22. The Balaban J connectivity index is -0.00000000267. The van der Waals surface area contributed by atoms with E-state index in [-0.39, 0.29) is 8.33 Å². The van der Waals surface area contributed by atoms with Crippen molar-refractivity contribution in [2.75, 3.05) is 0 Å². The van der Waals surface area contributed by atoms with E-state index in [4.69, 9.17) is 0 Å². The molecular weight excluding hydrogens is 477 g/mol. The molecule has 0 aromatic rings. The summed E-state index contributed by atoms with van der Waals surface area (Å²) in [5.41, 5.74) is 0. The molecule has 0 aliphatic rings. The second kappa shape index (κ2) is 38.9. The minimum atomic E-state index is 0. The molecular formula is H4Cl2OPt2. The molecule has 0 fully saturated rings. The minimum Gasteiger partial charge on any atom is 1.00 e. The maximum absolute atomic E-state index is 4.61. The molecule has 0 heterocycles. The van der Waals surface area contributed by atoms with Crippen molar-refractivity contribution in [3.05, 3.63) is 0 Å². The van der Waals surface area contributed by atoms with Crippen LogP contribution in [0.15, 0.2) is 0 Å². The van der Waals surface area contributed by atoms with E-state index < -0.39 is 0 Å². The number of hydrogen-bond acceptors (Lipinski definition) is 0. The molecule has 0 saturated carbocycles. The van der Waals surface area contributed by atoms with Crippen molar-refractivity contribution in [2.45, 2.75) is 0 Å². The van der Waals surface area contributed by atoms with E-state index in [9.17, 15) is 0 Å². The van der Waals surface area contributed by atoms with Crippen molar-refractivity contribution in [1.29, 1.82) is 0 Å². The third-order valence-corrected chi connectivity index (χ3v) is 0. The predicted octanol–water partition coefficient (Wildman–Crippen LogP) is 0.774. The van der Waals surface area contributed by atoms with Gasteiger partial charge in [0.15, 0.2) is 0 Å². The zero-order valence-corrected chi connectivity index (χ0v) is 7.94. The van der Waals surface area contributed by atoms with Crippen LogP contribution in [0.25, 0.3) is 0 Å². The zero-order valence-electron chi connectivity index (χ0n) is 3.89. The maximum atomic E-state index is 4.61. The van der Waals surface area contributed by atoms with Gasteiger partial charge in [-0.1, -0.05) is 0 Å². The summed E-state index contributed by atoms with van der Waals surface area (Å²) in [6, 6.07) is 0. The summed E-state index contributed by atoms with van der Waals surface area (Å²) in [7, 11) is 9.22. The monoisotopic (exact) mass is 480 g/mol. The van der Waals surface area contributed by atoms with Crippen LogP contribution in [0.3, 0.4) is 0 Å². The van der Waals surface area contributed by atoms with Crippen LogP contribution in [0.2, 0.25) is 0 Å². The second-order valence-electron chi connectivity index (χ2n) is 0. The Morgan fingerprint density at radius 3 is 1.00 bits per heavy atom. The van der Waals surface area contributed by atoms with Gasteiger partial charge >= 0.3 is 59.2 Å². The van der Waals surface area contributed by atoms with E-state index in [1.54, 1.807) is 37.5 Å². The molecule has 0 atom stereocenters. The molecule has 0 rings (SSSR count). The minimum absolute atomic E-state index is 0. The molecule has 0 aliphatic carbocycles. The third-order valence-electron chi connectivity index (χ3n) is 0. The number of hydrogen-bond donors (Lipinski definition) is 0. The second-order valence-corrected chi connectivity index (χ2v) is 0. The number of halogens is 2. The molecule has 2 N–H and O–H groups in total. The van der Waals surface area contributed by atoms with E-state index in [0.717, 1.165) is 0 Å². The average Bonchev–Trinajstić information content (AvgIpc) is 1.50. The van der Waals surface area contributed by atoms with Crippen molar-refractivity contribution in [1.82, 2.24) is 0 Å². The molecule has 0 aromatic carbocycles. The van der Waals surface area contributed by atoms with Crippen molar-refractivity contribution in [3.63, 3.8) is 0 Å². The van der Waals surface area contributed by atoms with Crippen LogP contribution in [-0.2, 0) is 37.5 Å². The first kappa shape index (κ1) is 15.8. The Labute approximate surface area is 64.3 Å². The van der Waals surface area contributed by atoms with Gasteiger partial charge in [0.2, 0.25) is 0 Å². The topological polar surface area (TPSA) is 31.5 Å². The predicted molar refractivity (Wildman–Crippen MR) is 17.5 cm³/mol. The first-order valence-corrected chi connectivity index (χ1v) is 5.87. The molecule has 0 unspecified atom stereocenters. The molecule has 0 bridgehead atoms. The van der Waals surface area contributed by atoms with Crippen LogP contribution >= 0.6 is 18.8 Å². The van der Waals surface area contributed by atoms with Gasteiger partial charge in [-0.3, -0.25) is 0 Å². The van der Waals surface area contributed by atoms with E-state index in [1.807, 2.05) is 0 Å². The quantitative estimate of drug-likeness (QED) is 0.490. The van der Waals surface area contributed by atoms with Crippen LogP contribution in [0.4, 0.5) is 0 Å². The fourth-order valence-electron chi connectivity index (χ4n) is 0. The van der Waals surface area contributed by atoms with Gasteiger partial charge in [0, 0.05) is 0 Å². The van der Waals surface area contributed by atoms with Gasteiger partial charge in [-0.05, 0) is 0 Å². The summed E-state index contributed by atoms with van der Waals surface area (Å²) in [6.07, 6.45) is 0. The van der Waals surface area contributed by atoms with Crippen LogP contribution in [0.5, 0.6) is 0 Å². The molecule has 0 amide bonds. The van der Waals surface area contributed by atoms with Crippen LogP contribution in [0.1, 0.15) is 2.85 Å². The Kier molecular flexibility index (Phi) is 123. The summed E-state index contributed by atoms with van der Waals surface area (Å²) < 4.78 is 0. The smallest absolute Gasteiger partial charge is 1.00 e. The van der Waals surface area contributed by atoms with Crippen molar-refractivity contribution < 1.29 is 45.9 Å². The van der Waals surface area contributed by atoms with Crippen LogP contribution < -0.4 is 0 Å². The molecule has 44 valence electrons. The third kappa shape index (κ3) is 24.7. The summed E-state index contributed by atoms with van der Waals surface area (Å²) in [5.74, 6) is 0. The largest absolute Gasteiger partial charge is 1.00 e. The van der Waals surface area contributed by atoms with Gasteiger partial charge in [-0.2, -0.15) is 0 Å². The molecule has 1 nitrogen and oxygen atoms in total. The Hall–Kier alpha value is 1.92. The fourth-order valence-corrected chi connectivity index (χ4v) is 0. The van der Waals surface area contributed by atoms with E-state index >= 15 is 0 Å². The summed E-state index contributed by atoms with van der Waals surface area (Å²) in [5, 5.41) is 0. The van der Waals surface area contributed by atoms with Crippen molar-refractivity contribution >= 4 is 18.8 Å². The summed E-state index contributed by atoms with van der Waals surface area (Å²) in [4.78, 5) is 0. The molecule has 0 aliphatic heterocycles. The van der Waals surface area contributed by atoms with Gasteiger partial charge in [0.05, 0.1) is 0 Å². The van der Waals surface area contributed by atoms with E-state index in [2.05, 4.69) is 18.8 Å². The molecule has 5 heavy (non-hydrogen) atoms. The first-order chi connectivity index (χ1) is 2.00. The zero-order chi connectivity index (χ0) is 4.00. The van der Waals surface area contributed by atoms with Gasteiger partial charge in [0.25, 0.3) is 0 Å². The van der Waals surface area contributed by atoms with Crippen molar-refractivity contribution in [2.24, 2.45) is 0 Å². The fraction of sp³-hybridized carbons (Fsp3) is 0. The normalized spacial score (nSPS) is 2.80. The van der Waals surface area contributed by atoms with Crippen LogP contribution in [-0.4, -0.2) is 5.48 Å². The Bertz CT molecular complexity index is 13.7. The molecule has 0 aromatic heterocycles. The molecule has 0 spiro atoms. The summed E-state index contributed by atoms with van der Waals surface area (Å²) in [6.45, 7) is 0. The van der Waals surface area contributed by atoms with Gasteiger partial charge in [-0.15, -0.1) is 0 Å². The van der Waals surface area contributed by atoms with Crippen molar-refractivity contribution in [3.8, 4) is 0 Å². The maximum Gasteiger partial charge on any atom is 1.00 e. The SMILES string of the molecule is O.[Cl][Pt-].[Cl][Pt-].[H+].[H+]. The van der Waals surface area contributed by atoms with Gasteiger partial charge in [-0.25, -0.2) is 0 Å². The molecule has 0 radical (unpaired) electrons. The van der Waals surface area contributed by atoms with Crippen LogP contribution in [0, 0.1) is 0 Å². The molecule has 0 saturated heterocycles. The number of rotatable bonds is 0. The first-order valence-electron chi connectivity index (χ1n) is 0.239. The molecule has 5 heteroatoms. The standard InChI is InChI=1S/2ClH.H2O.2Pt/h2*1H;1H2;;. The van der Waals surface area contributed by atoms with E-state index in [1.165, 1.54) is 0 Å². The Morgan fingerprint density at radius 1 is 1.00 bits per heavy atom.